The van der Waals surface area contributed by atoms with E-state index >= 15 is 0 Å². The van der Waals surface area contributed by atoms with Crippen molar-refractivity contribution >= 4 is 11.4 Å². The van der Waals surface area contributed by atoms with E-state index in [2.05, 4.69) is 35.2 Å². The van der Waals surface area contributed by atoms with Crippen molar-refractivity contribution < 1.29 is 0 Å². The second-order valence-corrected chi connectivity index (χ2v) is 4.29. The average Bonchev–Trinajstić information content (AvgIpc) is 3.03. The lowest BCUT2D eigenvalue weighted by atomic mass is 10.3. The van der Waals surface area contributed by atoms with Crippen molar-refractivity contribution in [2.45, 2.75) is 19.8 Å². The lowest BCUT2D eigenvalue weighted by molar-refractivity contribution is 0.786. The Labute approximate surface area is 91.5 Å². The van der Waals surface area contributed by atoms with Crippen LogP contribution in [-0.2, 0) is 0 Å². The summed E-state index contributed by atoms with van der Waals surface area (Å²) in [5.74, 6) is 0.915. The molecule has 1 saturated carbocycles. The van der Waals surface area contributed by atoms with Gasteiger partial charge < -0.3 is 10.2 Å². The van der Waals surface area contributed by atoms with Gasteiger partial charge in [0.2, 0.25) is 0 Å². The number of nitrogens with one attached hydrogen (secondary N) is 1. The molecule has 1 aromatic rings. The van der Waals surface area contributed by atoms with Gasteiger partial charge in [-0.1, -0.05) is 0 Å². The first-order chi connectivity index (χ1) is 7.29. The van der Waals surface area contributed by atoms with Crippen molar-refractivity contribution in [3.63, 3.8) is 0 Å². The third-order valence-electron chi connectivity index (χ3n) is 2.77. The normalized spacial score (nSPS) is 15.1. The second kappa shape index (κ2) is 4.51. The summed E-state index contributed by atoms with van der Waals surface area (Å²) >= 11 is 0. The molecular weight excluding hydrogens is 186 g/mol. The molecule has 15 heavy (non-hydrogen) atoms. The van der Waals surface area contributed by atoms with Gasteiger partial charge in [0.1, 0.15) is 0 Å². The Balaban J connectivity index is 2.01. The first-order valence-electron chi connectivity index (χ1n) is 5.69. The van der Waals surface area contributed by atoms with E-state index in [1.54, 1.807) is 0 Å². The van der Waals surface area contributed by atoms with Crippen molar-refractivity contribution in [2.24, 2.45) is 5.92 Å². The SMILES string of the molecule is CCNc1cncc(N(C)CC2CC2)c1. The van der Waals surface area contributed by atoms with Crippen LogP contribution in [0, 0.1) is 5.92 Å². The number of rotatable bonds is 5. The van der Waals surface area contributed by atoms with Gasteiger partial charge in [-0.25, -0.2) is 0 Å². The highest BCUT2D eigenvalue weighted by molar-refractivity contribution is 5.55. The van der Waals surface area contributed by atoms with Gasteiger partial charge in [0.15, 0.2) is 0 Å². The zero-order valence-corrected chi connectivity index (χ0v) is 9.53. The Bertz CT molecular complexity index is 320. The van der Waals surface area contributed by atoms with E-state index < -0.39 is 0 Å². The molecule has 0 aromatic carbocycles. The summed E-state index contributed by atoms with van der Waals surface area (Å²) < 4.78 is 0. The maximum Gasteiger partial charge on any atom is 0.0570 e. The molecule has 1 aliphatic rings. The van der Waals surface area contributed by atoms with Crippen LogP contribution in [0.2, 0.25) is 0 Å². The Hall–Kier alpha value is -1.25. The van der Waals surface area contributed by atoms with Crippen LogP contribution in [0.4, 0.5) is 11.4 Å². The number of anilines is 2. The fourth-order valence-corrected chi connectivity index (χ4v) is 1.73. The molecule has 0 atom stereocenters. The molecule has 1 N–H and O–H groups in total. The molecule has 1 aliphatic carbocycles. The standard InChI is InChI=1S/C12H19N3/c1-3-14-11-6-12(8-13-7-11)15(2)9-10-4-5-10/h6-8,10,14H,3-5,9H2,1-2H3. The molecule has 0 aliphatic heterocycles. The number of nitrogens with zero attached hydrogens (tertiary/aromatic N) is 2. The Kier molecular flexibility index (Phi) is 3.09. The van der Waals surface area contributed by atoms with Crippen LogP contribution < -0.4 is 10.2 Å². The van der Waals surface area contributed by atoms with Gasteiger partial charge in [-0.3, -0.25) is 4.98 Å². The van der Waals surface area contributed by atoms with Crippen LogP contribution in [0.3, 0.4) is 0 Å². The lowest BCUT2D eigenvalue weighted by Gasteiger charge is -2.19. The third-order valence-corrected chi connectivity index (χ3v) is 2.77. The monoisotopic (exact) mass is 205 g/mol. The van der Waals surface area contributed by atoms with E-state index in [4.69, 9.17) is 0 Å². The summed E-state index contributed by atoms with van der Waals surface area (Å²) in [6, 6.07) is 2.17. The highest BCUT2D eigenvalue weighted by atomic mass is 15.1. The average molecular weight is 205 g/mol. The highest BCUT2D eigenvalue weighted by Crippen LogP contribution is 2.31. The minimum atomic E-state index is 0.915. The zero-order chi connectivity index (χ0) is 10.7. The molecule has 3 heteroatoms. The molecular formula is C12H19N3. The van der Waals surface area contributed by atoms with Crippen molar-refractivity contribution in [1.82, 2.24) is 4.98 Å². The van der Waals surface area contributed by atoms with Crippen molar-refractivity contribution in [3.8, 4) is 0 Å². The first kappa shape index (κ1) is 10.3. The second-order valence-electron chi connectivity index (χ2n) is 4.29. The first-order valence-corrected chi connectivity index (χ1v) is 5.69. The van der Waals surface area contributed by atoms with E-state index in [1.165, 1.54) is 18.5 Å². The molecule has 1 heterocycles. The number of aromatic nitrogens is 1. The Morgan fingerprint density at radius 3 is 2.93 bits per heavy atom. The topological polar surface area (TPSA) is 28.2 Å². The van der Waals surface area contributed by atoms with Crippen LogP contribution in [-0.4, -0.2) is 25.1 Å². The lowest BCUT2D eigenvalue weighted by Crippen LogP contribution is -2.20. The molecule has 3 nitrogen and oxygen atoms in total. The van der Waals surface area contributed by atoms with E-state index in [-0.39, 0.29) is 0 Å². The Morgan fingerprint density at radius 1 is 1.47 bits per heavy atom. The minimum absolute atomic E-state index is 0.915. The van der Waals surface area contributed by atoms with Crippen LogP contribution in [0.5, 0.6) is 0 Å². The largest absolute Gasteiger partial charge is 0.384 e. The molecule has 82 valence electrons. The highest BCUT2D eigenvalue weighted by Gasteiger charge is 2.23. The van der Waals surface area contributed by atoms with Crippen LogP contribution in [0.1, 0.15) is 19.8 Å². The van der Waals surface area contributed by atoms with Gasteiger partial charge in [-0.05, 0) is 31.7 Å². The van der Waals surface area contributed by atoms with Gasteiger partial charge in [-0.15, -0.1) is 0 Å². The molecule has 0 spiro atoms. The van der Waals surface area contributed by atoms with Gasteiger partial charge in [0.05, 0.1) is 23.8 Å². The van der Waals surface area contributed by atoms with Crippen LogP contribution in [0.25, 0.3) is 0 Å². The smallest absolute Gasteiger partial charge is 0.0570 e. The maximum absolute atomic E-state index is 4.25. The Morgan fingerprint density at radius 2 is 2.27 bits per heavy atom. The fourth-order valence-electron chi connectivity index (χ4n) is 1.73. The van der Waals surface area contributed by atoms with Crippen molar-refractivity contribution in [3.05, 3.63) is 18.5 Å². The third kappa shape index (κ3) is 2.85. The molecule has 0 amide bonds. The predicted octanol–water partition coefficient (Wildman–Crippen LogP) is 2.36. The number of hydrogen-bond acceptors (Lipinski definition) is 3. The summed E-state index contributed by atoms with van der Waals surface area (Å²) in [6.45, 7) is 4.20. The van der Waals surface area contributed by atoms with Crippen molar-refractivity contribution in [2.75, 3.05) is 30.4 Å². The molecule has 0 saturated heterocycles. The summed E-state index contributed by atoms with van der Waals surface area (Å²) in [6.07, 6.45) is 6.59. The molecule has 0 unspecified atom stereocenters. The maximum atomic E-state index is 4.25. The van der Waals surface area contributed by atoms with E-state index in [1.807, 2.05) is 12.4 Å². The van der Waals surface area contributed by atoms with Gasteiger partial charge in [0.25, 0.3) is 0 Å². The van der Waals surface area contributed by atoms with E-state index in [0.717, 1.165) is 24.7 Å². The van der Waals surface area contributed by atoms with Gasteiger partial charge >= 0.3 is 0 Å². The number of pyridine rings is 1. The summed E-state index contributed by atoms with van der Waals surface area (Å²) in [5.41, 5.74) is 2.32. The molecule has 0 bridgehead atoms. The molecule has 2 rings (SSSR count). The predicted molar refractivity (Wildman–Crippen MR) is 64.4 cm³/mol. The van der Waals surface area contributed by atoms with E-state index in [0.29, 0.717) is 0 Å². The quantitative estimate of drug-likeness (QED) is 0.800. The number of hydrogen-bond donors (Lipinski definition) is 1. The molecule has 1 fully saturated rings. The zero-order valence-electron chi connectivity index (χ0n) is 9.53. The summed E-state index contributed by atoms with van der Waals surface area (Å²) in [7, 11) is 2.14. The summed E-state index contributed by atoms with van der Waals surface area (Å²) in [4.78, 5) is 6.54. The molecule has 0 radical (unpaired) electrons. The van der Waals surface area contributed by atoms with Gasteiger partial charge in [-0.2, -0.15) is 0 Å². The summed E-state index contributed by atoms with van der Waals surface area (Å²) in [5, 5.41) is 3.28. The minimum Gasteiger partial charge on any atom is -0.384 e. The van der Waals surface area contributed by atoms with Gasteiger partial charge in [0, 0.05) is 20.1 Å². The van der Waals surface area contributed by atoms with Crippen LogP contribution >= 0.6 is 0 Å². The fraction of sp³-hybridized carbons (Fsp3) is 0.583. The molecule has 1 aromatic heterocycles. The van der Waals surface area contributed by atoms with Crippen LogP contribution in [0.15, 0.2) is 18.5 Å². The van der Waals surface area contributed by atoms with E-state index in [9.17, 15) is 0 Å². The van der Waals surface area contributed by atoms with Crippen molar-refractivity contribution in [1.29, 1.82) is 0 Å².